The molecule has 0 saturated carbocycles. The molecule has 2 aromatic carbocycles. The average molecular weight is 398 g/mol. The van der Waals surface area contributed by atoms with E-state index in [1.165, 1.54) is 12.1 Å². The monoisotopic (exact) mass is 398 g/mol. The molecule has 1 N–H and O–H groups in total. The minimum Gasteiger partial charge on any atom is -0.376 e. The number of nitrogens with one attached hydrogen (secondary N) is 1. The van der Waals surface area contributed by atoms with Crippen LogP contribution in [0, 0.1) is 5.82 Å². The highest BCUT2D eigenvalue weighted by molar-refractivity contribution is 5.88. The third-order valence-corrected chi connectivity index (χ3v) is 5.09. The summed E-state index contributed by atoms with van der Waals surface area (Å²) in [4.78, 5) is 27.6. The zero-order valence-corrected chi connectivity index (χ0v) is 16.6. The van der Waals surface area contributed by atoms with Gasteiger partial charge in [0.2, 0.25) is 11.8 Å². The molecule has 1 aliphatic rings. The fraction of sp³-hybridized carbons (Fsp3) is 0.391. The number of halogens is 1. The third kappa shape index (κ3) is 5.64. The highest BCUT2D eigenvalue weighted by atomic mass is 19.1. The Hall–Kier alpha value is -2.73. The van der Waals surface area contributed by atoms with Gasteiger partial charge in [0, 0.05) is 26.1 Å². The minimum atomic E-state index is -0.768. The van der Waals surface area contributed by atoms with E-state index in [2.05, 4.69) is 5.32 Å². The first kappa shape index (κ1) is 21.0. The van der Waals surface area contributed by atoms with E-state index in [1.54, 1.807) is 24.0 Å². The smallest absolute Gasteiger partial charge is 0.247 e. The maximum atomic E-state index is 13.3. The SMILES string of the molecule is CCC(=O)N(Cc1ccc(F)cc1)[C@H](C(=O)NC[C@H]1CCCO1)c1ccccc1. The van der Waals surface area contributed by atoms with Gasteiger partial charge in [-0.3, -0.25) is 9.59 Å². The molecular weight excluding hydrogens is 371 g/mol. The van der Waals surface area contributed by atoms with Crippen molar-refractivity contribution >= 4 is 11.8 Å². The number of ether oxygens (including phenoxy) is 1. The van der Waals surface area contributed by atoms with Crippen molar-refractivity contribution in [3.63, 3.8) is 0 Å². The lowest BCUT2D eigenvalue weighted by atomic mass is 10.0. The highest BCUT2D eigenvalue weighted by Crippen LogP contribution is 2.25. The van der Waals surface area contributed by atoms with Crippen LogP contribution in [0.2, 0.25) is 0 Å². The maximum Gasteiger partial charge on any atom is 0.247 e. The van der Waals surface area contributed by atoms with Crippen LogP contribution in [-0.4, -0.2) is 36.0 Å². The van der Waals surface area contributed by atoms with Gasteiger partial charge >= 0.3 is 0 Å². The summed E-state index contributed by atoms with van der Waals surface area (Å²) in [7, 11) is 0. The van der Waals surface area contributed by atoms with Gasteiger partial charge in [-0.2, -0.15) is 0 Å². The highest BCUT2D eigenvalue weighted by Gasteiger charge is 2.31. The quantitative estimate of drug-likeness (QED) is 0.739. The molecule has 1 aliphatic heterocycles. The number of hydrogen-bond donors (Lipinski definition) is 1. The number of hydrogen-bond acceptors (Lipinski definition) is 3. The molecule has 2 amide bonds. The van der Waals surface area contributed by atoms with Crippen LogP contribution in [0.3, 0.4) is 0 Å². The minimum absolute atomic E-state index is 0.0165. The first-order chi connectivity index (χ1) is 14.1. The van der Waals surface area contributed by atoms with E-state index in [0.717, 1.165) is 24.0 Å². The molecule has 5 nitrogen and oxygen atoms in total. The third-order valence-electron chi connectivity index (χ3n) is 5.09. The average Bonchev–Trinajstić information content (AvgIpc) is 3.27. The molecule has 0 aromatic heterocycles. The van der Waals surface area contributed by atoms with E-state index in [-0.39, 0.29) is 36.7 Å². The fourth-order valence-electron chi connectivity index (χ4n) is 3.54. The largest absolute Gasteiger partial charge is 0.376 e. The van der Waals surface area contributed by atoms with Crippen LogP contribution >= 0.6 is 0 Å². The lowest BCUT2D eigenvalue weighted by Gasteiger charge is -2.31. The van der Waals surface area contributed by atoms with Gasteiger partial charge in [0.05, 0.1) is 6.10 Å². The topological polar surface area (TPSA) is 58.6 Å². The van der Waals surface area contributed by atoms with E-state index in [4.69, 9.17) is 4.74 Å². The fourth-order valence-corrected chi connectivity index (χ4v) is 3.54. The Bertz CT molecular complexity index is 805. The van der Waals surface area contributed by atoms with Crippen molar-refractivity contribution < 1.29 is 18.7 Å². The van der Waals surface area contributed by atoms with Gasteiger partial charge in [-0.1, -0.05) is 49.4 Å². The Morgan fingerprint density at radius 2 is 1.90 bits per heavy atom. The predicted molar refractivity (Wildman–Crippen MR) is 108 cm³/mol. The molecule has 29 heavy (non-hydrogen) atoms. The van der Waals surface area contributed by atoms with Gasteiger partial charge < -0.3 is 15.0 Å². The van der Waals surface area contributed by atoms with Crippen LogP contribution in [0.1, 0.15) is 43.4 Å². The molecule has 1 fully saturated rings. The lowest BCUT2D eigenvalue weighted by molar-refractivity contribution is -0.141. The second-order valence-corrected chi connectivity index (χ2v) is 7.20. The van der Waals surface area contributed by atoms with E-state index < -0.39 is 6.04 Å². The Morgan fingerprint density at radius 3 is 2.52 bits per heavy atom. The molecule has 3 rings (SSSR count). The number of nitrogens with zero attached hydrogens (tertiary/aromatic N) is 1. The van der Waals surface area contributed by atoms with Crippen molar-refractivity contribution in [2.24, 2.45) is 0 Å². The van der Waals surface area contributed by atoms with Crippen LogP contribution < -0.4 is 5.32 Å². The summed E-state index contributed by atoms with van der Waals surface area (Å²) in [6, 6.07) is 14.5. The molecule has 0 unspecified atom stereocenters. The van der Waals surface area contributed by atoms with Crippen LogP contribution in [-0.2, 0) is 20.9 Å². The number of carbonyl (C=O) groups excluding carboxylic acids is 2. The van der Waals surface area contributed by atoms with Crippen LogP contribution in [0.25, 0.3) is 0 Å². The van der Waals surface area contributed by atoms with E-state index in [1.807, 2.05) is 30.3 Å². The molecule has 0 radical (unpaired) electrons. The molecule has 2 atom stereocenters. The van der Waals surface area contributed by atoms with Gasteiger partial charge in [0.15, 0.2) is 0 Å². The summed E-state index contributed by atoms with van der Waals surface area (Å²) in [5.41, 5.74) is 1.50. The normalized spacial score (nSPS) is 17.0. The molecule has 1 heterocycles. The van der Waals surface area contributed by atoms with Crippen LogP contribution in [0.4, 0.5) is 4.39 Å². The summed E-state index contributed by atoms with van der Waals surface area (Å²) in [5.74, 6) is -0.720. The molecule has 6 heteroatoms. The van der Waals surface area contributed by atoms with Crippen molar-refractivity contribution in [3.8, 4) is 0 Å². The number of benzene rings is 2. The Kier molecular flexibility index (Phi) is 7.36. The summed E-state index contributed by atoms with van der Waals surface area (Å²) >= 11 is 0. The zero-order valence-electron chi connectivity index (χ0n) is 16.6. The van der Waals surface area contributed by atoms with Crippen molar-refractivity contribution in [2.75, 3.05) is 13.2 Å². The van der Waals surface area contributed by atoms with Crippen LogP contribution in [0.15, 0.2) is 54.6 Å². The van der Waals surface area contributed by atoms with E-state index >= 15 is 0 Å². The molecule has 0 aliphatic carbocycles. The van der Waals surface area contributed by atoms with Gasteiger partial charge in [-0.25, -0.2) is 4.39 Å². The second-order valence-electron chi connectivity index (χ2n) is 7.20. The Balaban J connectivity index is 1.86. The molecule has 154 valence electrons. The lowest BCUT2D eigenvalue weighted by Crippen LogP contribution is -2.44. The van der Waals surface area contributed by atoms with E-state index in [9.17, 15) is 14.0 Å². The summed E-state index contributed by atoms with van der Waals surface area (Å²) < 4.78 is 18.9. The molecule has 2 aromatic rings. The first-order valence-corrected chi connectivity index (χ1v) is 10.1. The maximum absolute atomic E-state index is 13.3. The Morgan fingerprint density at radius 1 is 1.17 bits per heavy atom. The van der Waals surface area contributed by atoms with Gasteiger partial charge in [-0.05, 0) is 36.1 Å². The molecule has 0 bridgehead atoms. The second kappa shape index (κ2) is 10.2. The number of rotatable bonds is 8. The molecular formula is C23H27FN2O3. The van der Waals surface area contributed by atoms with Gasteiger partial charge in [0.25, 0.3) is 0 Å². The molecule has 0 spiro atoms. The standard InChI is InChI=1S/C23H27FN2O3/c1-2-21(27)26(16-17-10-12-19(24)13-11-17)22(18-7-4-3-5-8-18)23(28)25-15-20-9-6-14-29-20/h3-5,7-8,10-13,20,22H,2,6,9,14-16H2,1H3,(H,25,28)/t20-,22+/m1/s1. The van der Waals surface area contributed by atoms with Crippen molar-refractivity contribution in [1.29, 1.82) is 0 Å². The van der Waals surface area contributed by atoms with Crippen molar-refractivity contribution in [2.45, 2.75) is 44.9 Å². The van der Waals surface area contributed by atoms with E-state index in [0.29, 0.717) is 13.2 Å². The number of amides is 2. The first-order valence-electron chi connectivity index (χ1n) is 10.1. The van der Waals surface area contributed by atoms with Crippen molar-refractivity contribution in [1.82, 2.24) is 10.2 Å². The van der Waals surface area contributed by atoms with Gasteiger partial charge in [-0.15, -0.1) is 0 Å². The zero-order chi connectivity index (χ0) is 20.6. The summed E-state index contributed by atoms with van der Waals surface area (Å²) in [6.07, 6.45) is 2.20. The Labute approximate surface area is 170 Å². The van der Waals surface area contributed by atoms with Crippen LogP contribution in [0.5, 0.6) is 0 Å². The number of carbonyl (C=O) groups is 2. The van der Waals surface area contributed by atoms with Gasteiger partial charge in [0.1, 0.15) is 11.9 Å². The molecule has 1 saturated heterocycles. The predicted octanol–water partition coefficient (Wildman–Crippen LogP) is 3.60. The van der Waals surface area contributed by atoms with Crippen molar-refractivity contribution in [3.05, 3.63) is 71.5 Å². The summed E-state index contributed by atoms with van der Waals surface area (Å²) in [6.45, 7) is 3.13. The summed E-state index contributed by atoms with van der Waals surface area (Å²) in [5, 5.41) is 2.96.